The predicted molar refractivity (Wildman–Crippen MR) is 112 cm³/mol. The SMILES string of the molecule is CC(O)[C@]1(C(=O)N2CCc3ccc(C(F)(F)F)cc3C2)CC[C@@H](NC(=O)OC(C)(C)C)C1. The van der Waals surface area contributed by atoms with Gasteiger partial charge in [-0.25, -0.2) is 4.79 Å². The average Bonchev–Trinajstić information content (AvgIpc) is 3.09. The van der Waals surface area contributed by atoms with E-state index < -0.39 is 35.0 Å². The lowest BCUT2D eigenvalue weighted by atomic mass is 9.78. The number of nitrogens with zero attached hydrogens (tertiary/aromatic N) is 1. The van der Waals surface area contributed by atoms with Crippen LogP contribution in [0, 0.1) is 5.41 Å². The lowest BCUT2D eigenvalue weighted by molar-refractivity contribution is -0.149. The molecule has 1 heterocycles. The summed E-state index contributed by atoms with van der Waals surface area (Å²) in [4.78, 5) is 27.2. The number of carbonyl (C=O) groups excluding carboxylic acids is 2. The van der Waals surface area contributed by atoms with Crippen molar-refractivity contribution in [3.05, 3.63) is 34.9 Å². The number of aliphatic hydroxyl groups excluding tert-OH is 1. The minimum absolute atomic E-state index is 0.0662. The van der Waals surface area contributed by atoms with Crippen LogP contribution in [-0.2, 0) is 28.7 Å². The van der Waals surface area contributed by atoms with E-state index in [0.29, 0.717) is 31.4 Å². The Hall–Kier alpha value is -2.29. The van der Waals surface area contributed by atoms with Crippen molar-refractivity contribution in [2.45, 2.75) is 83.8 Å². The molecular formula is C23H31F3N2O4. The minimum Gasteiger partial charge on any atom is -0.444 e. The number of alkyl carbamates (subject to hydrolysis) is 1. The summed E-state index contributed by atoms with van der Waals surface area (Å²) in [6.07, 6.45) is -4.43. The van der Waals surface area contributed by atoms with Gasteiger partial charge in [-0.2, -0.15) is 13.2 Å². The third-order valence-electron chi connectivity index (χ3n) is 6.33. The van der Waals surface area contributed by atoms with Crippen molar-refractivity contribution in [3.8, 4) is 0 Å². The first kappa shape index (κ1) is 24.4. The summed E-state index contributed by atoms with van der Waals surface area (Å²) in [6, 6.07) is 3.31. The normalized spacial score (nSPS) is 24.6. The van der Waals surface area contributed by atoms with E-state index in [9.17, 15) is 27.9 Å². The van der Waals surface area contributed by atoms with Gasteiger partial charge in [0, 0.05) is 19.1 Å². The first-order valence-electron chi connectivity index (χ1n) is 10.9. The number of carbonyl (C=O) groups is 2. The van der Waals surface area contributed by atoms with E-state index in [1.807, 2.05) is 0 Å². The highest BCUT2D eigenvalue weighted by Crippen LogP contribution is 2.44. The molecule has 1 aliphatic heterocycles. The van der Waals surface area contributed by atoms with Gasteiger partial charge in [0.05, 0.1) is 17.1 Å². The van der Waals surface area contributed by atoms with E-state index in [1.54, 1.807) is 27.7 Å². The molecule has 0 bridgehead atoms. The molecule has 178 valence electrons. The van der Waals surface area contributed by atoms with Gasteiger partial charge in [0.25, 0.3) is 0 Å². The summed E-state index contributed by atoms with van der Waals surface area (Å²) in [5.74, 6) is -0.288. The minimum atomic E-state index is -4.45. The van der Waals surface area contributed by atoms with Crippen molar-refractivity contribution < 1.29 is 32.6 Å². The monoisotopic (exact) mass is 456 g/mol. The number of amides is 2. The fourth-order valence-electron chi connectivity index (χ4n) is 4.65. The van der Waals surface area contributed by atoms with E-state index in [4.69, 9.17) is 4.74 Å². The molecule has 0 spiro atoms. The Morgan fingerprint density at radius 3 is 2.53 bits per heavy atom. The van der Waals surface area contributed by atoms with Crippen molar-refractivity contribution >= 4 is 12.0 Å². The number of rotatable bonds is 3. The number of alkyl halides is 3. The van der Waals surface area contributed by atoms with Crippen LogP contribution in [0.3, 0.4) is 0 Å². The Balaban J connectivity index is 1.74. The molecule has 1 aromatic carbocycles. The quantitative estimate of drug-likeness (QED) is 0.720. The van der Waals surface area contributed by atoms with Gasteiger partial charge >= 0.3 is 12.3 Å². The smallest absolute Gasteiger partial charge is 0.416 e. The van der Waals surface area contributed by atoms with Crippen LogP contribution in [0.4, 0.5) is 18.0 Å². The molecule has 2 aliphatic rings. The highest BCUT2D eigenvalue weighted by atomic mass is 19.4. The van der Waals surface area contributed by atoms with Gasteiger partial charge < -0.3 is 20.1 Å². The maximum absolute atomic E-state index is 13.5. The van der Waals surface area contributed by atoms with E-state index in [-0.39, 0.29) is 24.9 Å². The first-order chi connectivity index (χ1) is 14.7. The Kier molecular flexibility index (Phi) is 6.52. The molecule has 0 radical (unpaired) electrons. The molecule has 3 rings (SSSR count). The molecular weight excluding hydrogens is 425 g/mol. The zero-order chi connectivity index (χ0) is 23.9. The molecule has 9 heteroatoms. The molecule has 1 saturated carbocycles. The number of benzene rings is 1. The molecule has 1 aliphatic carbocycles. The average molecular weight is 457 g/mol. The first-order valence-corrected chi connectivity index (χ1v) is 10.9. The maximum atomic E-state index is 13.5. The van der Waals surface area contributed by atoms with Crippen LogP contribution >= 0.6 is 0 Å². The van der Waals surface area contributed by atoms with Crippen molar-refractivity contribution in [2.75, 3.05) is 6.54 Å². The van der Waals surface area contributed by atoms with Gasteiger partial charge in [0.15, 0.2) is 0 Å². The van der Waals surface area contributed by atoms with E-state index in [0.717, 1.165) is 17.7 Å². The van der Waals surface area contributed by atoms with Gasteiger partial charge in [0.1, 0.15) is 5.60 Å². The fourth-order valence-corrected chi connectivity index (χ4v) is 4.65. The van der Waals surface area contributed by atoms with Gasteiger partial charge in [-0.05, 0) is 76.6 Å². The van der Waals surface area contributed by atoms with Gasteiger partial charge in [-0.3, -0.25) is 4.79 Å². The summed E-state index contributed by atoms with van der Waals surface area (Å²) >= 11 is 0. The number of halogens is 3. The highest BCUT2D eigenvalue weighted by Gasteiger charge is 2.51. The van der Waals surface area contributed by atoms with Crippen LogP contribution < -0.4 is 5.32 Å². The Labute approximate surface area is 186 Å². The summed E-state index contributed by atoms with van der Waals surface area (Å²) < 4.78 is 44.6. The number of ether oxygens (including phenoxy) is 1. The van der Waals surface area contributed by atoms with E-state index in [1.165, 1.54) is 11.0 Å². The number of aliphatic hydroxyl groups is 1. The van der Waals surface area contributed by atoms with Crippen molar-refractivity contribution in [3.63, 3.8) is 0 Å². The second-order valence-electron chi connectivity index (χ2n) is 9.88. The largest absolute Gasteiger partial charge is 0.444 e. The lowest BCUT2D eigenvalue weighted by Gasteiger charge is -2.39. The zero-order valence-electron chi connectivity index (χ0n) is 18.9. The van der Waals surface area contributed by atoms with Crippen LogP contribution in [0.25, 0.3) is 0 Å². The number of fused-ring (bicyclic) bond motifs is 1. The van der Waals surface area contributed by atoms with Crippen LogP contribution in [0.15, 0.2) is 18.2 Å². The second kappa shape index (κ2) is 8.57. The number of hydrogen-bond acceptors (Lipinski definition) is 4. The molecule has 1 fully saturated rings. The standard InChI is InChI=1S/C23H31F3N2O4/c1-14(29)22(9-7-18(12-22)27-20(31)32-21(2,3)4)19(30)28-10-8-15-5-6-17(23(24,25)26)11-16(15)13-28/h5-6,11,14,18,29H,7-10,12-13H2,1-4H3,(H,27,31)/t14?,18-,22+/m1/s1. The van der Waals surface area contributed by atoms with Crippen LogP contribution in [0.2, 0.25) is 0 Å². The van der Waals surface area contributed by atoms with Crippen LogP contribution in [0.5, 0.6) is 0 Å². The van der Waals surface area contributed by atoms with Gasteiger partial charge in [0.2, 0.25) is 5.91 Å². The Bertz CT molecular complexity index is 879. The molecule has 1 aromatic rings. The summed E-state index contributed by atoms with van der Waals surface area (Å²) in [6.45, 7) is 7.25. The molecule has 3 atom stereocenters. The second-order valence-corrected chi connectivity index (χ2v) is 9.88. The highest BCUT2D eigenvalue weighted by molar-refractivity contribution is 5.84. The summed E-state index contributed by atoms with van der Waals surface area (Å²) in [7, 11) is 0. The third kappa shape index (κ3) is 5.19. The molecule has 32 heavy (non-hydrogen) atoms. The summed E-state index contributed by atoms with van der Waals surface area (Å²) in [5.41, 5.74) is -1.22. The van der Waals surface area contributed by atoms with Crippen molar-refractivity contribution in [1.29, 1.82) is 0 Å². The lowest BCUT2D eigenvalue weighted by Crippen LogP contribution is -2.50. The molecule has 6 nitrogen and oxygen atoms in total. The molecule has 0 saturated heterocycles. The Morgan fingerprint density at radius 1 is 1.25 bits per heavy atom. The topological polar surface area (TPSA) is 78.9 Å². The molecule has 2 amide bonds. The third-order valence-corrected chi connectivity index (χ3v) is 6.33. The van der Waals surface area contributed by atoms with Crippen LogP contribution in [-0.4, -0.2) is 46.3 Å². The Morgan fingerprint density at radius 2 is 1.94 bits per heavy atom. The predicted octanol–water partition coefficient (Wildman–Crippen LogP) is 4.03. The maximum Gasteiger partial charge on any atom is 0.416 e. The fraction of sp³-hybridized carbons (Fsp3) is 0.652. The van der Waals surface area contributed by atoms with Crippen LogP contribution in [0.1, 0.15) is 63.6 Å². The van der Waals surface area contributed by atoms with E-state index in [2.05, 4.69) is 5.32 Å². The van der Waals surface area contributed by atoms with Gasteiger partial charge in [-0.15, -0.1) is 0 Å². The van der Waals surface area contributed by atoms with Crippen molar-refractivity contribution in [2.24, 2.45) is 5.41 Å². The van der Waals surface area contributed by atoms with E-state index >= 15 is 0 Å². The van der Waals surface area contributed by atoms with Crippen molar-refractivity contribution in [1.82, 2.24) is 10.2 Å². The number of hydrogen-bond donors (Lipinski definition) is 2. The van der Waals surface area contributed by atoms with Gasteiger partial charge in [-0.1, -0.05) is 6.07 Å². The molecule has 2 N–H and O–H groups in total. The summed E-state index contributed by atoms with van der Waals surface area (Å²) in [5, 5.41) is 13.3. The molecule has 0 aromatic heterocycles. The molecule has 1 unspecified atom stereocenters. The number of nitrogens with one attached hydrogen (secondary N) is 1. The zero-order valence-corrected chi connectivity index (χ0v) is 18.9.